The first-order valence-electron chi connectivity index (χ1n) is 8.88. The maximum absolute atomic E-state index is 12.6. The molecule has 3 fully saturated rings. The van der Waals surface area contributed by atoms with E-state index in [0.717, 1.165) is 45.4 Å². The molecule has 23 heavy (non-hydrogen) atoms. The van der Waals surface area contributed by atoms with Crippen molar-refractivity contribution in [1.82, 2.24) is 14.4 Å². The van der Waals surface area contributed by atoms with E-state index in [1.54, 1.807) is 0 Å². The van der Waals surface area contributed by atoms with Crippen molar-refractivity contribution in [3.63, 3.8) is 0 Å². The van der Waals surface area contributed by atoms with E-state index in [4.69, 9.17) is 0 Å². The Hall–Kier alpha value is -1.78. The summed E-state index contributed by atoms with van der Waals surface area (Å²) in [5, 5.41) is 0. The molecular weight excluding hydrogens is 290 g/mol. The van der Waals surface area contributed by atoms with E-state index < -0.39 is 0 Å². The quantitative estimate of drug-likeness (QED) is 0.853. The Morgan fingerprint density at radius 3 is 2.83 bits per heavy atom. The molecule has 1 aromatic heterocycles. The fraction of sp³-hybridized carbons (Fsp3) is 0.667. The molecule has 4 heterocycles. The molecule has 0 saturated carbocycles. The molecule has 3 aliphatic rings. The average molecular weight is 315 g/mol. The van der Waals surface area contributed by atoms with Gasteiger partial charge >= 0.3 is 0 Å². The number of fused-ring (bicyclic) bond motifs is 4. The highest BCUT2D eigenvalue weighted by Gasteiger charge is 2.44. The Morgan fingerprint density at radius 2 is 2.00 bits per heavy atom. The lowest BCUT2D eigenvalue weighted by molar-refractivity contribution is -0.148. The van der Waals surface area contributed by atoms with Gasteiger partial charge in [0.2, 0.25) is 11.8 Å². The van der Waals surface area contributed by atoms with E-state index >= 15 is 0 Å². The topological polar surface area (TPSA) is 45.6 Å². The van der Waals surface area contributed by atoms with Crippen LogP contribution in [0.3, 0.4) is 0 Å². The van der Waals surface area contributed by atoms with Gasteiger partial charge in [-0.1, -0.05) is 0 Å². The van der Waals surface area contributed by atoms with Gasteiger partial charge < -0.3 is 14.4 Å². The maximum atomic E-state index is 12.6. The molecule has 3 atom stereocenters. The summed E-state index contributed by atoms with van der Waals surface area (Å²) in [4.78, 5) is 28.9. The minimum absolute atomic E-state index is 0.268. The normalized spacial score (nSPS) is 30.3. The number of carbonyl (C=O) groups is 2. The highest BCUT2D eigenvalue weighted by Crippen LogP contribution is 2.38. The second-order valence-electron chi connectivity index (χ2n) is 7.34. The molecule has 2 bridgehead atoms. The van der Waals surface area contributed by atoms with Gasteiger partial charge in [-0.2, -0.15) is 0 Å². The number of carbonyl (C=O) groups excluding carboxylic acids is 2. The number of hydrogen-bond donors (Lipinski definition) is 0. The van der Waals surface area contributed by atoms with Gasteiger partial charge in [0.05, 0.1) is 0 Å². The fourth-order valence-electron chi connectivity index (χ4n) is 4.72. The van der Waals surface area contributed by atoms with Crippen molar-refractivity contribution in [2.75, 3.05) is 19.6 Å². The third-order valence-electron chi connectivity index (χ3n) is 5.78. The van der Waals surface area contributed by atoms with Gasteiger partial charge in [0.15, 0.2) is 0 Å². The number of hydrogen-bond acceptors (Lipinski definition) is 2. The van der Waals surface area contributed by atoms with E-state index in [-0.39, 0.29) is 5.91 Å². The molecule has 124 valence electrons. The van der Waals surface area contributed by atoms with Gasteiger partial charge in [-0.25, -0.2) is 0 Å². The predicted octanol–water partition coefficient (Wildman–Crippen LogP) is 1.74. The van der Waals surface area contributed by atoms with Crippen molar-refractivity contribution in [2.45, 2.75) is 44.7 Å². The first kappa shape index (κ1) is 14.8. The van der Waals surface area contributed by atoms with Crippen LogP contribution in [0.4, 0.5) is 0 Å². The summed E-state index contributed by atoms with van der Waals surface area (Å²) in [6.07, 6.45) is 8.62. The first-order valence-corrected chi connectivity index (χ1v) is 8.88. The third kappa shape index (κ3) is 2.89. The Kier molecular flexibility index (Phi) is 3.87. The minimum atomic E-state index is 0.268. The van der Waals surface area contributed by atoms with Crippen molar-refractivity contribution >= 4 is 11.8 Å². The van der Waals surface area contributed by atoms with E-state index in [2.05, 4.69) is 14.4 Å². The monoisotopic (exact) mass is 315 g/mol. The van der Waals surface area contributed by atoms with Crippen LogP contribution in [0.15, 0.2) is 24.5 Å². The summed E-state index contributed by atoms with van der Waals surface area (Å²) in [7, 11) is 0. The number of piperidine rings is 3. The number of aryl methyl sites for hydroxylation is 1. The Bertz CT molecular complexity index is 583. The number of aromatic nitrogens is 1. The SMILES string of the molecule is O=C(CCn1cccc1)N1CC2CC(C1)C1CCCC(=O)N1C2. The van der Waals surface area contributed by atoms with Gasteiger partial charge in [-0.05, 0) is 43.2 Å². The van der Waals surface area contributed by atoms with Crippen LogP contribution in [0.2, 0.25) is 0 Å². The van der Waals surface area contributed by atoms with Crippen LogP contribution in [-0.4, -0.2) is 51.9 Å². The molecule has 5 heteroatoms. The van der Waals surface area contributed by atoms with Crippen LogP contribution in [-0.2, 0) is 16.1 Å². The van der Waals surface area contributed by atoms with Crippen molar-refractivity contribution in [2.24, 2.45) is 11.8 Å². The molecule has 3 saturated heterocycles. The van der Waals surface area contributed by atoms with Crippen LogP contribution in [0, 0.1) is 11.8 Å². The molecule has 1 aromatic rings. The lowest BCUT2D eigenvalue weighted by Crippen LogP contribution is -2.61. The number of amides is 2. The second kappa shape index (κ2) is 6.02. The van der Waals surface area contributed by atoms with E-state index in [0.29, 0.717) is 30.2 Å². The summed E-state index contributed by atoms with van der Waals surface area (Å²) < 4.78 is 2.06. The Morgan fingerprint density at radius 1 is 1.17 bits per heavy atom. The largest absolute Gasteiger partial charge is 0.354 e. The highest BCUT2D eigenvalue weighted by atomic mass is 16.2. The fourth-order valence-corrected chi connectivity index (χ4v) is 4.72. The molecule has 0 spiro atoms. The van der Waals surface area contributed by atoms with E-state index in [1.165, 1.54) is 6.42 Å². The lowest BCUT2D eigenvalue weighted by atomic mass is 9.76. The zero-order chi connectivity index (χ0) is 15.8. The molecule has 5 nitrogen and oxygen atoms in total. The van der Waals surface area contributed by atoms with E-state index in [9.17, 15) is 9.59 Å². The molecule has 0 aliphatic carbocycles. The molecule has 4 rings (SSSR count). The van der Waals surface area contributed by atoms with Crippen LogP contribution in [0.1, 0.15) is 32.1 Å². The molecule has 0 aromatic carbocycles. The number of likely N-dealkylation sites (tertiary alicyclic amines) is 1. The van der Waals surface area contributed by atoms with Crippen molar-refractivity contribution in [3.05, 3.63) is 24.5 Å². The summed E-state index contributed by atoms with van der Waals surface area (Å²) in [6, 6.07) is 4.36. The van der Waals surface area contributed by atoms with Gasteiger partial charge in [0.1, 0.15) is 0 Å². The van der Waals surface area contributed by atoms with E-state index in [1.807, 2.05) is 24.5 Å². The van der Waals surface area contributed by atoms with Gasteiger partial charge in [-0.15, -0.1) is 0 Å². The Labute approximate surface area is 137 Å². The molecule has 3 aliphatic heterocycles. The summed E-state index contributed by atoms with van der Waals surface area (Å²) in [5.74, 6) is 1.57. The molecule has 0 N–H and O–H groups in total. The predicted molar refractivity (Wildman–Crippen MR) is 86.6 cm³/mol. The van der Waals surface area contributed by atoms with Crippen molar-refractivity contribution in [3.8, 4) is 0 Å². The minimum Gasteiger partial charge on any atom is -0.354 e. The number of rotatable bonds is 3. The lowest BCUT2D eigenvalue weighted by Gasteiger charge is -2.52. The van der Waals surface area contributed by atoms with Crippen LogP contribution in [0.5, 0.6) is 0 Å². The maximum Gasteiger partial charge on any atom is 0.224 e. The first-order chi connectivity index (χ1) is 11.2. The highest BCUT2D eigenvalue weighted by molar-refractivity contribution is 5.78. The zero-order valence-electron chi connectivity index (χ0n) is 13.6. The summed E-state index contributed by atoms with van der Waals surface area (Å²) in [6.45, 7) is 3.29. The van der Waals surface area contributed by atoms with Gasteiger partial charge in [-0.3, -0.25) is 9.59 Å². The standard InChI is InChI=1S/C18H25N3O2/c22-17(6-9-19-7-1-2-8-19)20-11-14-10-15(13-20)16-4-3-5-18(23)21(16)12-14/h1-2,7-8,14-16H,3-6,9-13H2. The third-order valence-corrected chi connectivity index (χ3v) is 5.78. The zero-order valence-corrected chi connectivity index (χ0v) is 13.6. The molecule has 2 amide bonds. The van der Waals surface area contributed by atoms with Crippen molar-refractivity contribution in [1.29, 1.82) is 0 Å². The van der Waals surface area contributed by atoms with Gasteiger partial charge in [0, 0.05) is 57.5 Å². The molecule has 3 unspecified atom stereocenters. The number of nitrogens with zero attached hydrogens (tertiary/aromatic N) is 3. The van der Waals surface area contributed by atoms with Gasteiger partial charge in [0.25, 0.3) is 0 Å². The second-order valence-corrected chi connectivity index (χ2v) is 7.34. The summed E-state index contributed by atoms with van der Waals surface area (Å²) in [5.41, 5.74) is 0. The summed E-state index contributed by atoms with van der Waals surface area (Å²) >= 11 is 0. The average Bonchev–Trinajstić information content (AvgIpc) is 3.07. The smallest absolute Gasteiger partial charge is 0.224 e. The van der Waals surface area contributed by atoms with Crippen molar-refractivity contribution < 1.29 is 9.59 Å². The van der Waals surface area contributed by atoms with Crippen LogP contribution >= 0.6 is 0 Å². The van der Waals surface area contributed by atoms with Crippen LogP contribution in [0.25, 0.3) is 0 Å². The molecular formula is C18H25N3O2. The van der Waals surface area contributed by atoms with Crippen LogP contribution < -0.4 is 0 Å². The molecule has 0 radical (unpaired) electrons. The Balaban J connectivity index is 1.39.